The number of piperidine rings is 1. The molecule has 20 heavy (non-hydrogen) atoms. The number of nitrogens with zero attached hydrogens (tertiary/aromatic N) is 1. The van der Waals surface area contributed by atoms with Crippen molar-refractivity contribution in [1.82, 2.24) is 9.88 Å². The highest BCUT2D eigenvalue weighted by atomic mass is 16.5. The number of aliphatic hydroxyl groups excluding tert-OH is 1. The predicted octanol–water partition coefficient (Wildman–Crippen LogP) is 2.22. The minimum atomic E-state index is -0.419. The lowest BCUT2D eigenvalue weighted by atomic mass is 9.88. The number of hydrogen-bond acceptors (Lipinski definition) is 3. The van der Waals surface area contributed by atoms with Crippen molar-refractivity contribution in [3.8, 4) is 5.75 Å². The summed E-state index contributed by atoms with van der Waals surface area (Å²) >= 11 is 0. The summed E-state index contributed by atoms with van der Waals surface area (Å²) < 4.78 is 7.55. The Bertz CT molecular complexity index is 600. The number of aromatic nitrogens is 1. The number of fused-ring (bicyclic) bond motifs is 1. The maximum Gasteiger partial charge on any atom is 0.128 e. The molecule has 1 aromatic heterocycles. The molecule has 0 spiro atoms. The molecule has 0 amide bonds. The van der Waals surface area contributed by atoms with Crippen LogP contribution in [0.15, 0.2) is 24.4 Å². The van der Waals surface area contributed by atoms with E-state index in [9.17, 15) is 5.11 Å². The van der Waals surface area contributed by atoms with Crippen LogP contribution < -0.4 is 10.1 Å². The van der Waals surface area contributed by atoms with Crippen LogP contribution in [0.5, 0.6) is 5.75 Å². The molecule has 4 heteroatoms. The predicted molar refractivity (Wildman–Crippen MR) is 80.0 cm³/mol. The highest BCUT2D eigenvalue weighted by Gasteiger charge is 2.26. The number of methoxy groups -OCH3 is 1. The van der Waals surface area contributed by atoms with Crippen LogP contribution in [0.2, 0.25) is 0 Å². The van der Waals surface area contributed by atoms with Crippen LogP contribution >= 0.6 is 0 Å². The lowest BCUT2D eigenvalue weighted by molar-refractivity contribution is 0.0899. The smallest absolute Gasteiger partial charge is 0.128 e. The van der Waals surface area contributed by atoms with E-state index in [-0.39, 0.29) is 0 Å². The van der Waals surface area contributed by atoms with Crippen LogP contribution in [0, 0.1) is 5.92 Å². The summed E-state index contributed by atoms with van der Waals surface area (Å²) in [6.07, 6.45) is 3.66. The Morgan fingerprint density at radius 2 is 2.10 bits per heavy atom. The molecule has 3 rings (SSSR count). The summed E-state index contributed by atoms with van der Waals surface area (Å²) in [5.74, 6) is 1.16. The largest absolute Gasteiger partial charge is 0.496 e. The molecule has 0 saturated carbocycles. The van der Waals surface area contributed by atoms with Gasteiger partial charge in [-0.15, -0.1) is 0 Å². The molecule has 1 unspecified atom stereocenters. The Labute approximate surface area is 119 Å². The number of benzene rings is 1. The first-order valence-electron chi connectivity index (χ1n) is 7.23. The van der Waals surface area contributed by atoms with Crippen molar-refractivity contribution in [2.75, 3.05) is 20.2 Å². The fourth-order valence-electron chi connectivity index (χ4n) is 3.25. The maximum absolute atomic E-state index is 10.8. The quantitative estimate of drug-likeness (QED) is 0.902. The molecule has 2 heterocycles. The third kappa shape index (κ3) is 2.19. The first kappa shape index (κ1) is 13.5. The Hall–Kier alpha value is -1.52. The Balaban J connectivity index is 2.06. The molecule has 0 radical (unpaired) electrons. The molecule has 4 nitrogen and oxygen atoms in total. The lowest BCUT2D eigenvalue weighted by Gasteiger charge is -2.27. The fraction of sp³-hybridized carbons (Fsp3) is 0.500. The molecule has 2 N–H and O–H groups in total. The summed E-state index contributed by atoms with van der Waals surface area (Å²) in [5.41, 5.74) is 2.10. The van der Waals surface area contributed by atoms with E-state index in [1.807, 2.05) is 25.4 Å². The maximum atomic E-state index is 10.8. The highest BCUT2D eigenvalue weighted by molar-refractivity contribution is 5.90. The zero-order valence-electron chi connectivity index (χ0n) is 12.1. The van der Waals surface area contributed by atoms with E-state index in [0.717, 1.165) is 48.1 Å². The van der Waals surface area contributed by atoms with E-state index in [1.165, 1.54) is 0 Å². The summed E-state index contributed by atoms with van der Waals surface area (Å²) in [7, 11) is 3.70. The minimum Gasteiger partial charge on any atom is -0.496 e. The van der Waals surface area contributed by atoms with E-state index in [0.29, 0.717) is 5.92 Å². The van der Waals surface area contributed by atoms with Gasteiger partial charge in [-0.25, -0.2) is 0 Å². The van der Waals surface area contributed by atoms with Gasteiger partial charge in [-0.05, 0) is 44.0 Å². The SMILES string of the molecule is COc1cccc2c1c(C(O)C1CCNCC1)cn2C. The van der Waals surface area contributed by atoms with Gasteiger partial charge in [-0.2, -0.15) is 0 Å². The average Bonchev–Trinajstić information content (AvgIpc) is 2.85. The van der Waals surface area contributed by atoms with E-state index in [1.54, 1.807) is 7.11 Å². The Morgan fingerprint density at radius 3 is 2.80 bits per heavy atom. The number of aliphatic hydroxyl groups is 1. The van der Waals surface area contributed by atoms with Gasteiger partial charge < -0.3 is 19.7 Å². The Morgan fingerprint density at radius 1 is 1.35 bits per heavy atom. The van der Waals surface area contributed by atoms with Gasteiger partial charge in [0.05, 0.1) is 18.7 Å². The molecule has 1 aliphatic rings. The standard InChI is InChI=1S/C16H22N2O2/c1-18-10-12(16(19)11-6-8-17-9-7-11)15-13(18)4-3-5-14(15)20-2/h3-5,10-11,16-17,19H,6-9H2,1-2H3. The zero-order chi connectivity index (χ0) is 14.1. The van der Waals surface area contributed by atoms with Crippen molar-refractivity contribution in [1.29, 1.82) is 0 Å². The molecule has 0 aliphatic carbocycles. The van der Waals surface area contributed by atoms with Crippen LogP contribution in [0.3, 0.4) is 0 Å². The van der Waals surface area contributed by atoms with Crippen LogP contribution in [0.25, 0.3) is 10.9 Å². The third-order valence-electron chi connectivity index (χ3n) is 4.37. The van der Waals surface area contributed by atoms with Gasteiger partial charge in [0.25, 0.3) is 0 Å². The first-order chi connectivity index (χ1) is 9.72. The third-order valence-corrected chi connectivity index (χ3v) is 4.37. The van der Waals surface area contributed by atoms with Crippen molar-refractivity contribution in [3.05, 3.63) is 30.0 Å². The van der Waals surface area contributed by atoms with Crippen LogP contribution in [-0.4, -0.2) is 29.9 Å². The fourth-order valence-corrected chi connectivity index (χ4v) is 3.25. The molecule has 1 aliphatic heterocycles. The van der Waals surface area contributed by atoms with Crippen LogP contribution in [0.4, 0.5) is 0 Å². The first-order valence-corrected chi connectivity index (χ1v) is 7.23. The molecule has 1 saturated heterocycles. The summed E-state index contributed by atoms with van der Waals surface area (Å²) in [4.78, 5) is 0. The Kier molecular flexibility index (Phi) is 3.68. The second kappa shape index (κ2) is 5.46. The molecule has 2 aromatic rings. The van der Waals surface area contributed by atoms with Gasteiger partial charge in [0.1, 0.15) is 5.75 Å². The van der Waals surface area contributed by atoms with Gasteiger partial charge in [-0.3, -0.25) is 0 Å². The molecular formula is C16H22N2O2. The molecule has 1 fully saturated rings. The highest BCUT2D eigenvalue weighted by Crippen LogP contribution is 2.38. The monoisotopic (exact) mass is 274 g/mol. The minimum absolute atomic E-state index is 0.326. The molecule has 1 atom stereocenters. The summed E-state index contributed by atoms with van der Waals surface area (Å²) in [6, 6.07) is 6.01. The van der Waals surface area contributed by atoms with Gasteiger partial charge in [0.2, 0.25) is 0 Å². The zero-order valence-corrected chi connectivity index (χ0v) is 12.1. The van der Waals surface area contributed by atoms with E-state index >= 15 is 0 Å². The number of rotatable bonds is 3. The number of hydrogen-bond donors (Lipinski definition) is 2. The van der Waals surface area contributed by atoms with Crippen molar-refractivity contribution < 1.29 is 9.84 Å². The second-order valence-corrected chi connectivity index (χ2v) is 5.58. The average molecular weight is 274 g/mol. The molecule has 0 bridgehead atoms. The van der Waals surface area contributed by atoms with Gasteiger partial charge in [0, 0.05) is 24.2 Å². The van der Waals surface area contributed by atoms with E-state index < -0.39 is 6.10 Å². The van der Waals surface area contributed by atoms with Gasteiger partial charge in [0.15, 0.2) is 0 Å². The number of ether oxygens (including phenoxy) is 1. The van der Waals surface area contributed by atoms with Gasteiger partial charge in [-0.1, -0.05) is 6.07 Å². The van der Waals surface area contributed by atoms with E-state index in [4.69, 9.17) is 4.74 Å². The van der Waals surface area contributed by atoms with Crippen molar-refractivity contribution in [3.63, 3.8) is 0 Å². The molecule has 108 valence electrons. The number of aryl methyl sites for hydroxylation is 1. The lowest BCUT2D eigenvalue weighted by Crippen LogP contribution is -2.30. The van der Waals surface area contributed by atoms with Crippen molar-refractivity contribution >= 4 is 10.9 Å². The van der Waals surface area contributed by atoms with Gasteiger partial charge >= 0.3 is 0 Å². The molecule has 1 aromatic carbocycles. The van der Waals surface area contributed by atoms with Crippen LogP contribution in [0.1, 0.15) is 24.5 Å². The summed E-state index contributed by atoms with van der Waals surface area (Å²) in [5, 5.41) is 15.2. The number of nitrogens with one attached hydrogen (secondary N) is 1. The summed E-state index contributed by atoms with van der Waals surface area (Å²) in [6.45, 7) is 1.98. The second-order valence-electron chi connectivity index (χ2n) is 5.58. The topological polar surface area (TPSA) is 46.4 Å². The normalized spacial score (nSPS) is 18.4. The van der Waals surface area contributed by atoms with E-state index in [2.05, 4.69) is 16.0 Å². The van der Waals surface area contributed by atoms with Crippen molar-refractivity contribution in [2.24, 2.45) is 13.0 Å². The van der Waals surface area contributed by atoms with Crippen LogP contribution in [-0.2, 0) is 7.05 Å². The van der Waals surface area contributed by atoms with Crippen molar-refractivity contribution in [2.45, 2.75) is 18.9 Å². The molecular weight excluding hydrogens is 252 g/mol.